The van der Waals surface area contributed by atoms with Crippen molar-refractivity contribution in [1.82, 2.24) is 9.71 Å². The highest BCUT2D eigenvalue weighted by atomic mass is 32.2. The molecular weight excluding hydrogens is 316 g/mol. The summed E-state index contributed by atoms with van der Waals surface area (Å²) < 4.78 is 27.4. The van der Waals surface area contributed by atoms with E-state index in [4.69, 9.17) is 0 Å². The molecule has 22 heavy (non-hydrogen) atoms. The van der Waals surface area contributed by atoms with Crippen LogP contribution in [-0.4, -0.2) is 13.4 Å². The highest BCUT2D eigenvalue weighted by molar-refractivity contribution is 7.92. The zero-order valence-corrected chi connectivity index (χ0v) is 13.9. The van der Waals surface area contributed by atoms with Gasteiger partial charge < -0.3 is 0 Å². The summed E-state index contributed by atoms with van der Waals surface area (Å²) in [7, 11) is -3.49. The van der Waals surface area contributed by atoms with Crippen LogP contribution in [-0.2, 0) is 10.0 Å². The van der Waals surface area contributed by atoms with E-state index in [0.717, 1.165) is 29.1 Å². The Morgan fingerprint density at radius 2 is 2.05 bits per heavy atom. The minimum absolute atomic E-state index is 0.205. The number of aromatic nitrogens is 1. The van der Waals surface area contributed by atoms with Gasteiger partial charge in [-0.15, -0.1) is 11.3 Å². The van der Waals surface area contributed by atoms with Gasteiger partial charge in [-0.05, 0) is 37.3 Å². The summed E-state index contributed by atoms with van der Waals surface area (Å²) >= 11 is 1.52. The smallest absolute Gasteiger partial charge is 0.234 e. The van der Waals surface area contributed by atoms with Gasteiger partial charge in [0.1, 0.15) is 5.01 Å². The molecule has 1 aliphatic carbocycles. The molecule has 1 unspecified atom stereocenters. The summed E-state index contributed by atoms with van der Waals surface area (Å²) in [6.45, 7) is 1.92. The number of hydrogen-bond donors (Lipinski definition) is 1. The number of benzene rings is 1. The van der Waals surface area contributed by atoms with E-state index in [0.29, 0.717) is 5.92 Å². The Morgan fingerprint density at radius 1 is 1.32 bits per heavy atom. The van der Waals surface area contributed by atoms with E-state index in [1.807, 2.05) is 42.6 Å². The Bertz CT molecular complexity index is 762. The monoisotopic (exact) mass is 334 g/mol. The molecule has 1 saturated carbocycles. The van der Waals surface area contributed by atoms with Crippen molar-refractivity contribution in [3.05, 3.63) is 57.4 Å². The molecule has 0 saturated heterocycles. The van der Waals surface area contributed by atoms with Crippen LogP contribution in [0.1, 0.15) is 35.1 Å². The van der Waals surface area contributed by atoms with Crippen molar-refractivity contribution in [1.29, 1.82) is 0 Å². The SMILES string of the molecule is Cc1csc(C(NS(=O)(=O)/C=C/c2ccccc2)C2CC2)n1. The predicted molar refractivity (Wildman–Crippen MR) is 89.8 cm³/mol. The number of thiazole rings is 1. The van der Waals surface area contributed by atoms with E-state index in [-0.39, 0.29) is 6.04 Å². The van der Waals surface area contributed by atoms with E-state index < -0.39 is 10.0 Å². The molecule has 1 heterocycles. The Labute approximate surface area is 135 Å². The van der Waals surface area contributed by atoms with Crippen LogP contribution in [0.2, 0.25) is 0 Å². The third kappa shape index (κ3) is 4.03. The summed E-state index contributed by atoms with van der Waals surface area (Å²) in [4.78, 5) is 4.44. The van der Waals surface area contributed by atoms with Gasteiger partial charge in [-0.3, -0.25) is 0 Å². The van der Waals surface area contributed by atoms with E-state index in [2.05, 4.69) is 9.71 Å². The summed E-state index contributed by atoms with van der Waals surface area (Å²) in [6.07, 6.45) is 3.71. The molecule has 0 aliphatic heterocycles. The number of nitrogens with zero attached hydrogens (tertiary/aromatic N) is 1. The molecule has 1 atom stereocenters. The van der Waals surface area contributed by atoms with Gasteiger partial charge in [0.05, 0.1) is 6.04 Å². The van der Waals surface area contributed by atoms with Crippen LogP contribution < -0.4 is 4.72 Å². The summed E-state index contributed by atoms with van der Waals surface area (Å²) in [5, 5.41) is 4.05. The van der Waals surface area contributed by atoms with Crippen LogP contribution in [0.3, 0.4) is 0 Å². The number of hydrogen-bond acceptors (Lipinski definition) is 4. The molecule has 1 aromatic carbocycles. The van der Waals surface area contributed by atoms with Crippen molar-refractivity contribution in [2.45, 2.75) is 25.8 Å². The maximum atomic E-state index is 12.3. The lowest BCUT2D eigenvalue weighted by molar-refractivity contribution is 0.534. The highest BCUT2D eigenvalue weighted by Gasteiger charge is 2.36. The van der Waals surface area contributed by atoms with Crippen molar-refractivity contribution in [2.75, 3.05) is 0 Å². The lowest BCUT2D eigenvalue weighted by Gasteiger charge is -2.14. The van der Waals surface area contributed by atoms with Crippen LogP contribution in [0.5, 0.6) is 0 Å². The maximum absolute atomic E-state index is 12.3. The highest BCUT2D eigenvalue weighted by Crippen LogP contribution is 2.42. The molecule has 1 aromatic heterocycles. The van der Waals surface area contributed by atoms with Gasteiger partial charge >= 0.3 is 0 Å². The first-order valence-corrected chi connectivity index (χ1v) is 9.63. The first-order chi connectivity index (χ1) is 10.5. The van der Waals surface area contributed by atoms with E-state index >= 15 is 0 Å². The standard InChI is InChI=1S/C16H18N2O2S2/c1-12-11-21-16(17-12)15(14-7-8-14)18-22(19,20)10-9-13-5-3-2-4-6-13/h2-6,9-11,14-15,18H,7-8H2,1H3/b10-9+. The van der Waals surface area contributed by atoms with Crippen molar-refractivity contribution < 1.29 is 8.42 Å². The molecular formula is C16H18N2O2S2. The van der Waals surface area contributed by atoms with E-state index in [9.17, 15) is 8.42 Å². The molecule has 3 rings (SSSR count). The molecule has 0 spiro atoms. The second-order valence-electron chi connectivity index (χ2n) is 5.52. The van der Waals surface area contributed by atoms with Gasteiger partial charge in [0, 0.05) is 16.5 Å². The van der Waals surface area contributed by atoms with Crippen LogP contribution in [0, 0.1) is 12.8 Å². The van der Waals surface area contributed by atoms with Crippen LogP contribution in [0.25, 0.3) is 6.08 Å². The Kier molecular flexibility index (Phi) is 4.42. The fraction of sp³-hybridized carbons (Fsp3) is 0.312. The molecule has 2 aromatic rings. The van der Waals surface area contributed by atoms with Crippen LogP contribution >= 0.6 is 11.3 Å². The summed E-state index contributed by atoms with van der Waals surface area (Å²) in [6, 6.07) is 9.20. The molecule has 0 radical (unpaired) electrons. The topological polar surface area (TPSA) is 59.1 Å². The minimum atomic E-state index is -3.49. The van der Waals surface area contributed by atoms with Crippen LogP contribution in [0.15, 0.2) is 41.1 Å². The molecule has 6 heteroatoms. The van der Waals surface area contributed by atoms with Crippen molar-refractivity contribution in [3.8, 4) is 0 Å². The van der Waals surface area contributed by atoms with Crippen LogP contribution in [0.4, 0.5) is 0 Å². The van der Waals surface area contributed by atoms with Crippen molar-refractivity contribution in [2.24, 2.45) is 5.92 Å². The summed E-state index contributed by atoms with van der Waals surface area (Å²) in [5.74, 6) is 0.366. The molecule has 1 fully saturated rings. The lowest BCUT2D eigenvalue weighted by Crippen LogP contribution is -2.28. The molecule has 0 amide bonds. The fourth-order valence-corrected chi connectivity index (χ4v) is 4.33. The zero-order chi connectivity index (χ0) is 15.6. The normalized spacial score (nSPS) is 17.0. The van der Waals surface area contributed by atoms with Gasteiger partial charge in [-0.25, -0.2) is 18.1 Å². The second-order valence-corrected chi connectivity index (χ2v) is 8.01. The number of nitrogens with one attached hydrogen (secondary N) is 1. The first kappa shape index (κ1) is 15.4. The largest absolute Gasteiger partial charge is 0.245 e. The molecule has 1 N–H and O–H groups in total. The van der Waals surface area contributed by atoms with Crippen molar-refractivity contribution >= 4 is 27.4 Å². The van der Waals surface area contributed by atoms with Gasteiger partial charge in [-0.2, -0.15) is 0 Å². The minimum Gasteiger partial charge on any atom is -0.245 e. The van der Waals surface area contributed by atoms with E-state index in [1.54, 1.807) is 6.08 Å². The second kappa shape index (κ2) is 6.32. The quantitative estimate of drug-likeness (QED) is 0.879. The zero-order valence-electron chi connectivity index (χ0n) is 12.3. The Hall–Kier alpha value is -1.50. The first-order valence-electron chi connectivity index (χ1n) is 7.21. The number of aryl methyl sites for hydroxylation is 1. The van der Waals surface area contributed by atoms with Crippen molar-refractivity contribution in [3.63, 3.8) is 0 Å². The van der Waals surface area contributed by atoms with Gasteiger partial charge in [0.15, 0.2) is 0 Å². The van der Waals surface area contributed by atoms with Gasteiger partial charge in [0.25, 0.3) is 0 Å². The van der Waals surface area contributed by atoms with E-state index in [1.165, 1.54) is 16.7 Å². The lowest BCUT2D eigenvalue weighted by atomic mass is 10.2. The molecule has 0 bridgehead atoms. The van der Waals surface area contributed by atoms with Gasteiger partial charge in [-0.1, -0.05) is 30.3 Å². The Balaban J connectivity index is 1.75. The average Bonchev–Trinajstić information content (AvgIpc) is 3.26. The molecule has 4 nitrogen and oxygen atoms in total. The molecule has 1 aliphatic rings. The number of rotatable bonds is 6. The molecule has 116 valence electrons. The fourth-order valence-electron chi connectivity index (χ4n) is 2.24. The third-order valence-electron chi connectivity index (χ3n) is 3.53. The third-order valence-corrected chi connectivity index (χ3v) is 5.65. The maximum Gasteiger partial charge on any atom is 0.234 e. The number of sulfonamides is 1. The summed E-state index contributed by atoms with van der Waals surface area (Å²) in [5.41, 5.74) is 1.80. The predicted octanol–water partition coefficient (Wildman–Crippen LogP) is 3.49. The Morgan fingerprint density at radius 3 is 2.64 bits per heavy atom. The van der Waals surface area contributed by atoms with Gasteiger partial charge in [0.2, 0.25) is 10.0 Å². The average molecular weight is 334 g/mol.